The van der Waals surface area contributed by atoms with Gasteiger partial charge in [-0.2, -0.15) is 0 Å². The lowest BCUT2D eigenvalue weighted by molar-refractivity contribution is -0.0591. The fourth-order valence-electron chi connectivity index (χ4n) is 7.27. The van der Waals surface area contributed by atoms with E-state index in [4.69, 9.17) is 0 Å². The molecule has 24 heavy (non-hydrogen) atoms. The van der Waals surface area contributed by atoms with Crippen LogP contribution in [-0.2, 0) is 0 Å². The van der Waals surface area contributed by atoms with Gasteiger partial charge in [-0.25, -0.2) is 4.98 Å². The Morgan fingerprint density at radius 2 is 1.71 bits per heavy atom. The molecule has 1 aromatic heterocycles. The molecule has 124 valence electrons. The van der Waals surface area contributed by atoms with Crippen LogP contribution in [0.4, 0.5) is 0 Å². The summed E-state index contributed by atoms with van der Waals surface area (Å²) in [6, 6.07) is 9.50. The fourth-order valence-corrected chi connectivity index (χ4v) is 7.27. The highest BCUT2D eigenvalue weighted by atomic mass is 15.1. The van der Waals surface area contributed by atoms with Crippen LogP contribution in [0.25, 0.3) is 11.3 Å². The highest BCUT2D eigenvalue weighted by molar-refractivity contribution is 5.68. The Kier molecular flexibility index (Phi) is 2.71. The second-order valence-corrected chi connectivity index (χ2v) is 9.25. The summed E-state index contributed by atoms with van der Waals surface area (Å²) >= 11 is 0. The Morgan fingerprint density at radius 3 is 2.46 bits per heavy atom. The molecule has 1 atom stereocenters. The highest BCUT2D eigenvalue weighted by Gasteiger charge is 2.50. The Labute approximate surface area is 144 Å². The van der Waals surface area contributed by atoms with Crippen molar-refractivity contribution in [2.24, 2.45) is 23.2 Å². The minimum absolute atomic E-state index is 0.520. The summed E-state index contributed by atoms with van der Waals surface area (Å²) in [5, 5.41) is 0. The molecule has 1 aliphatic heterocycles. The van der Waals surface area contributed by atoms with Gasteiger partial charge in [-0.05, 0) is 80.1 Å². The molecule has 4 bridgehead atoms. The summed E-state index contributed by atoms with van der Waals surface area (Å²) in [6.45, 7) is 0. The lowest BCUT2D eigenvalue weighted by Gasteiger charge is -2.57. The van der Waals surface area contributed by atoms with Crippen molar-refractivity contribution in [3.05, 3.63) is 42.4 Å². The first-order valence-corrected chi connectivity index (χ1v) is 9.91. The first-order valence-electron chi connectivity index (χ1n) is 9.91. The summed E-state index contributed by atoms with van der Waals surface area (Å²) in [4.78, 5) is 4.43. The van der Waals surface area contributed by atoms with Gasteiger partial charge in [0.2, 0.25) is 0 Å². The molecule has 0 radical (unpaired) electrons. The number of hydrogen-bond acceptors (Lipinski definition) is 1. The van der Waals surface area contributed by atoms with Gasteiger partial charge in [0.1, 0.15) is 0 Å². The quantitative estimate of drug-likeness (QED) is 0.736. The summed E-state index contributed by atoms with van der Waals surface area (Å²) in [5.74, 6) is 3.20. The van der Waals surface area contributed by atoms with Gasteiger partial charge >= 0.3 is 0 Å². The average Bonchev–Trinajstić information content (AvgIpc) is 3.13. The molecule has 2 aromatic rings. The number of rotatable bonds is 3. The third-order valence-electron chi connectivity index (χ3n) is 7.71. The minimum atomic E-state index is 0.520. The molecular formula is C22H26N2. The Morgan fingerprint density at radius 1 is 1.00 bits per heavy atom. The smallest absolute Gasteiger partial charge is 0.0956 e. The standard InChI is InChI=1S/C22H26N2/c1-2-4-19-18(3-1)20(24-14-23-13-21(19)24)5-6-22-10-15-7-16(11-22)9-17(8-15)12-22/h1-4,13-17,20H,5-12H2. The second kappa shape index (κ2) is 4.74. The first-order chi connectivity index (χ1) is 11.8. The lowest BCUT2D eigenvalue weighted by atomic mass is 9.48. The van der Waals surface area contributed by atoms with Crippen molar-refractivity contribution in [3.8, 4) is 11.3 Å². The SMILES string of the molecule is c1ccc2c(c1)-c1cncn1C2CCC12CC3CC(CC(C3)C1)C2. The molecule has 1 aromatic carbocycles. The Bertz CT molecular complexity index is 751. The van der Waals surface area contributed by atoms with Crippen LogP contribution in [0.3, 0.4) is 0 Å². The lowest BCUT2D eigenvalue weighted by Crippen LogP contribution is -2.46. The third-order valence-corrected chi connectivity index (χ3v) is 7.71. The van der Waals surface area contributed by atoms with E-state index >= 15 is 0 Å². The van der Waals surface area contributed by atoms with Crippen molar-refractivity contribution >= 4 is 0 Å². The highest BCUT2D eigenvalue weighted by Crippen LogP contribution is 2.62. The van der Waals surface area contributed by atoms with Gasteiger partial charge in [-0.1, -0.05) is 24.3 Å². The van der Waals surface area contributed by atoms with Crippen LogP contribution in [0.5, 0.6) is 0 Å². The molecule has 0 saturated heterocycles. The topological polar surface area (TPSA) is 17.8 Å². The van der Waals surface area contributed by atoms with Crippen molar-refractivity contribution in [2.75, 3.05) is 0 Å². The van der Waals surface area contributed by atoms with Gasteiger partial charge in [0.15, 0.2) is 0 Å². The van der Waals surface area contributed by atoms with E-state index in [1.807, 2.05) is 6.20 Å². The molecule has 1 unspecified atom stereocenters. The number of benzene rings is 1. The van der Waals surface area contributed by atoms with Gasteiger partial charge < -0.3 is 4.57 Å². The number of fused-ring (bicyclic) bond motifs is 3. The van der Waals surface area contributed by atoms with E-state index < -0.39 is 0 Å². The molecule has 5 aliphatic rings. The number of aromatic nitrogens is 2. The maximum Gasteiger partial charge on any atom is 0.0956 e. The van der Waals surface area contributed by atoms with Crippen LogP contribution in [0, 0.1) is 23.2 Å². The molecule has 4 fully saturated rings. The van der Waals surface area contributed by atoms with Gasteiger partial charge in [0.25, 0.3) is 0 Å². The molecule has 0 amide bonds. The van der Waals surface area contributed by atoms with Gasteiger partial charge in [0.05, 0.1) is 24.3 Å². The van der Waals surface area contributed by atoms with Gasteiger partial charge in [0, 0.05) is 5.56 Å². The van der Waals surface area contributed by atoms with Gasteiger partial charge in [-0.15, -0.1) is 0 Å². The fraction of sp³-hybridized carbons (Fsp3) is 0.591. The van der Waals surface area contributed by atoms with Crippen LogP contribution in [0.1, 0.15) is 63.0 Å². The zero-order valence-electron chi connectivity index (χ0n) is 14.3. The average molecular weight is 318 g/mol. The molecule has 0 N–H and O–H groups in total. The molecule has 4 saturated carbocycles. The maximum absolute atomic E-state index is 4.43. The van der Waals surface area contributed by atoms with Crippen molar-refractivity contribution in [3.63, 3.8) is 0 Å². The first kappa shape index (κ1) is 13.7. The summed E-state index contributed by atoms with van der Waals surface area (Å²) in [5.41, 5.74) is 4.94. The van der Waals surface area contributed by atoms with E-state index in [1.165, 1.54) is 48.9 Å². The summed E-state index contributed by atoms with van der Waals surface area (Å²) in [7, 11) is 0. The third kappa shape index (κ3) is 1.86. The predicted octanol–water partition coefficient (Wildman–Crippen LogP) is 5.45. The minimum Gasteiger partial charge on any atom is -0.323 e. The van der Waals surface area contributed by atoms with Crippen molar-refractivity contribution in [2.45, 2.75) is 57.4 Å². The number of hydrogen-bond donors (Lipinski definition) is 0. The van der Waals surface area contributed by atoms with Crippen LogP contribution in [0.15, 0.2) is 36.8 Å². The van der Waals surface area contributed by atoms with E-state index in [1.54, 1.807) is 19.3 Å². The molecule has 2 heteroatoms. The predicted molar refractivity (Wildman–Crippen MR) is 95.6 cm³/mol. The largest absolute Gasteiger partial charge is 0.323 e. The second-order valence-electron chi connectivity index (χ2n) is 9.25. The normalized spacial score (nSPS) is 38.3. The van der Waals surface area contributed by atoms with Crippen LogP contribution >= 0.6 is 0 Å². The van der Waals surface area contributed by atoms with Crippen molar-refractivity contribution in [1.82, 2.24) is 9.55 Å². The molecule has 2 nitrogen and oxygen atoms in total. The number of nitrogens with zero attached hydrogens (tertiary/aromatic N) is 2. The molecule has 7 rings (SSSR count). The zero-order valence-corrected chi connectivity index (χ0v) is 14.3. The molecule has 2 heterocycles. The molecule has 4 aliphatic carbocycles. The van der Waals surface area contributed by atoms with E-state index in [-0.39, 0.29) is 0 Å². The Hall–Kier alpha value is -1.57. The van der Waals surface area contributed by atoms with Crippen molar-refractivity contribution < 1.29 is 0 Å². The van der Waals surface area contributed by atoms with E-state index in [0.29, 0.717) is 11.5 Å². The summed E-state index contributed by atoms with van der Waals surface area (Å²) in [6.07, 6.45) is 16.1. The van der Waals surface area contributed by atoms with Gasteiger partial charge in [-0.3, -0.25) is 0 Å². The number of imidazole rings is 1. The zero-order chi connectivity index (χ0) is 15.7. The van der Waals surface area contributed by atoms with E-state index in [2.05, 4.69) is 40.1 Å². The van der Waals surface area contributed by atoms with Crippen LogP contribution in [-0.4, -0.2) is 9.55 Å². The van der Waals surface area contributed by atoms with Crippen LogP contribution in [0.2, 0.25) is 0 Å². The summed E-state index contributed by atoms with van der Waals surface area (Å²) < 4.78 is 2.44. The van der Waals surface area contributed by atoms with E-state index in [9.17, 15) is 0 Å². The van der Waals surface area contributed by atoms with Crippen molar-refractivity contribution in [1.29, 1.82) is 0 Å². The van der Waals surface area contributed by atoms with E-state index in [0.717, 1.165) is 17.8 Å². The monoisotopic (exact) mass is 318 g/mol. The maximum atomic E-state index is 4.43. The molecular weight excluding hydrogens is 292 g/mol. The van der Waals surface area contributed by atoms with Crippen LogP contribution < -0.4 is 0 Å². The Balaban J connectivity index is 1.29. The molecule has 0 spiro atoms.